The Morgan fingerprint density at radius 2 is 1.12 bits per heavy atom. The summed E-state index contributed by atoms with van der Waals surface area (Å²) in [5.41, 5.74) is 8.49. The van der Waals surface area contributed by atoms with Crippen molar-refractivity contribution < 1.29 is 23.9 Å². The number of amides is 3. The van der Waals surface area contributed by atoms with Crippen LogP contribution in [-0.4, -0.2) is 153 Å². The molecule has 6 rings (SSSR count). The number of Topliss-reactive ketones (excluding diaryl/α,β-unsaturated/α-hetero) is 1. The number of likely N-dealkylation sites (N-methyl/N-ethyl adjacent to an activating group) is 4. The molecule has 3 unspecified atom stereocenters. The average Bonchev–Trinajstić information content (AvgIpc) is 3.86. The molecule has 0 bridgehead atoms. The van der Waals surface area contributed by atoms with Gasteiger partial charge in [-0.25, -0.2) is 15.0 Å². The minimum absolute atomic E-state index is 0.00594. The third kappa shape index (κ3) is 10.5. The van der Waals surface area contributed by atoms with Gasteiger partial charge >= 0.3 is 0 Å². The van der Waals surface area contributed by atoms with Gasteiger partial charge in [-0.3, -0.25) is 19.2 Å². The van der Waals surface area contributed by atoms with Gasteiger partial charge in [-0.1, -0.05) is 0 Å². The van der Waals surface area contributed by atoms with Crippen LogP contribution in [0.3, 0.4) is 0 Å². The van der Waals surface area contributed by atoms with E-state index in [1.165, 1.54) is 18.3 Å². The molecule has 0 aromatic carbocycles. The average molecular weight is 777 g/mol. The van der Waals surface area contributed by atoms with E-state index in [4.69, 9.17) is 4.74 Å². The van der Waals surface area contributed by atoms with Gasteiger partial charge in [0.2, 0.25) is 17.7 Å². The summed E-state index contributed by atoms with van der Waals surface area (Å²) in [7, 11) is 11.1. The normalized spacial score (nSPS) is 20.1. The van der Waals surface area contributed by atoms with Crippen LogP contribution in [-0.2, 0) is 43.2 Å². The van der Waals surface area contributed by atoms with Gasteiger partial charge in [0.15, 0.2) is 0 Å². The van der Waals surface area contributed by atoms with Crippen LogP contribution in [0, 0.1) is 0 Å². The van der Waals surface area contributed by atoms with Gasteiger partial charge in [0, 0.05) is 65.6 Å². The molecule has 3 aliphatic rings. The zero-order valence-corrected chi connectivity index (χ0v) is 33.6. The number of ether oxygens (including phenoxy) is 1. The zero-order chi connectivity index (χ0) is 37.8. The molecule has 3 aromatic heterocycles. The number of rotatable bonds is 11. The van der Waals surface area contributed by atoms with Crippen LogP contribution in [0.4, 0.5) is 0 Å². The molecule has 0 radical (unpaired) electrons. The highest BCUT2D eigenvalue weighted by molar-refractivity contribution is 7.10. The number of nitrogens with one attached hydrogen (secondary N) is 3. The van der Waals surface area contributed by atoms with E-state index in [1.807, 2.05) is 49.0 Å². The van der Waals surface area contributed by atoms with Crippen LogP contribution in [0.25, 0.3) is 0 Å². The summed E-state index contributed by atoms with van der Waals surface area (Å²) in [5, 5.41) is 9.21. The van der Waals surface area contributed by atoms with Gasteiger partial charge in [0.1, 0.15) is 23.9 Å². The quantitative estimate of drug-likeness (QED) is 0.255. The Bertz CT molecular complexity index is 1630. The lowest BCUT2D eigenvalue weighted by atomic mass is 10.2. The van der Waals surface area contributed by atoms with Crippen molar-refractivity contribution in [2.45, 2.75) is 44.3 Å². The highest BCUT2D eigenvalue weighted by Gasteiger charge is 2.33. The third-order valence-corrected chi connectivity index (χ3v) is 11.8. The van der Waals surface area contributed by atoms with Crippen LogP contribution in [0.1, 0.15) is 56.8 Å². The van der Waals surface area contributed by atoms with Crippen LogP contribution in [0.2, 0.25) is 0 Å². The standard InChI is InChI=1S/C12H20N4OS.C11H15N3O2S.C11H17N3O2S/c1-13-10-11-9(14-8-18-11)4-5-16(12(10)17)7-6-15(2)3;1-7(15)5-14-4-3-8-10(17-6-13-8)9(12-2)11(14)16;1-12-9-10-8(13-7-17-10)3-4-14(11(9)15)5-6-16-2/h8,10,13H,4-7H2,1-3H3;6,9,12H,3-5H2,1-2H3;7,9,12H,3-6H2,1-2H3. The first kappa shape index (κ1) is 41.5. The van der Waals surface area contributed by atoms with E-state index in [0.717, 1.165) is 77.2 Å². The van der Waals surface area contributed by atoms with E-state index < -0.39 is 0 Å². The minimum Gasteiger partial charge on any atom is -0.383 e. The summed E-state index contributed by atoms with van der Waals surface area (Å²) in [6.07, 6.45) is 2.40. The number of thiazole rings is 3. The highest BCUT2D eigenvalue weighted by Crippen LogP contribution is 2.29. The molecule has 0 saturated carbocycles. The Morgan fingerprint density at radius 1 is 0.731 bits per heavy atom. The predicted octanol–water partition coefficient (Wildman–Crippen LogP) is 1.16. The molecule has 0 spiro atoms. The van der Waals surface area contributed by atoms with Gasteiger partial charge in [-0.2, -0.15) is 0 Å². The monoisotopic (exact) mass is 776 g/mol. The first-order valence-electron chi connectivity index (χ1n) is 17.3. The van der Waals surface area contributed by atoms with Gasteiger partial charge in [0.25, 0.3) is 0 Å². The van der Waals surface area contributed by atoms with Crippen molar-refractivity contribution in [1.29, 1.82) is 0 Å². The fraction of sp³-hybridized carbons (Fsp3) is 0.618. The van der Waals surface area contributed by atoms with E-state index in [9.17, 15) is 19.2 Å². The predicted molar refractivity (Wildman–Crippen MR) is 204 cm³/mol. The van der Waals surface area contributed by atoms with Crippen molar-refractivity contribution in [1.82, 2.24) is 50.5 Å². The Labute approximate surface area is 318 Å². The summed E-state index contributed by atoms with van der Waals surface area (Å²) < 4.78 is 5.03. The number of aromatic nitrogens is 3. The smallest absolute Gasteiger partial charge is 0.245 e. The maximum absolute atomic E-state index is 12.5. The third-order valence-electron chi connectivity index (χ3n) is 9.00. The first-order valence-corrected chi connectivity index (χ1v) is 20.0. The van der Waals surface area contributed by atoms with Crippen molar-refractivity contribution in [3.63, 3.8) is 0 Å². The van der Waals surface area contributed by atoms with Crippen LogP contribution in [0.15, 0.2) is 16.5 Å². The van der Waals surface area contributed by atoms with Crippen molar-refractivity contribution in [2.75, 3.05) is 94.8 Å². The number of hydrogen-bond acceptors (Lipinski definition) is 15. The summed E-state index contributed by atoms with van der Waals surface area (Å²) in [6, 6.07) is -0.839. The molecule has 3 N–H and O–H groups in total. The molecule has 0 aliphatic carbocycles. The van der Waals surface area contributed by atoms with Crippen LogP contribution in [0.5, 0.6) is 0 Å². The van der Waals surface area contributed by atoms with E-state index in [-0.39, 0.29) is 48.2 Å². The Morgan fingerprint density at radius 3 is 1.48 bits per heavy atom. The second-order valence-electron chi connectivity index (χ2n) is 12.8. The van der Waals surface area contributed by atoms with E-state index in [1.54, 1.807) is 47.2 Å². The van der Waals surface area contributed by atoms with Gasteiger partial charge in [0.05, 0.1) is 61.4 Å². The lowest BCUT2D eigenvalue weighted by Crippen LogP contribution is -2.42. The molecule has 3 atom stereocenters. The topological polar surface area (TPSA) is 165 Å². The maximum Gasteiger partial charge on any atom is 0.245 e. The van der Waals surface area contributed by atoms with Crippen molar-refractivity contribution in [3.8, 4) is 0 Å². The Balaban J connectivity index is 0.000000175. The fourth-order valence-corrected chi connectivity index (χ4v) is 9.01. The van der Waals surface area contributed by atoms with Crippen molar-refractivity contribution in [3.05, 3.63) is 48.2 Å². The second kappa shape index (κ2) is 20.3. The second-order valence-corrected chi connectivity index (χ2v) is 15.5. The minimum atomic E-state index is -0.362. The molecule has 3 aliphatic heterocycles. The molecule has 15 nitrogen and oxygen atoms in total. The van der Waals surface area contributed by atoms with Crippen LogP contribution < -0.4 is 16.0 Å². The SMILES string of the molecule is CNC1C(=O)N(CC(C)=O)CCc2ncsc21.CNC1C(=O)N(CCN(C)C)CCc2ncsc21.CNC1C(=O)N(CCOC)CCc2ncsc21. The summed E-state index contributed by atoms with van der Waals surface area (Å²) >= 11 is 4.61. The van der Waals surface area contributed by atoms with E-state index in [2.05, 4.69) is 35.8 Å². The van der Waals surface area contributed by atoms with Gasteiger partial charge in [-0.15, -0.1) is 34.0 Å². The van der Waals surface area contributed by atoms with Crippen molar-refractivity contribution in [2.24, 2.45) is 0 Å². The lowest BCUT2D eigenvalue weighted by molar-refractivity contribution is -0.136. The number of carbonyl (C=O) groups excluding carboxylic acids is 4. The van der Waals surface area contributed by atoms with Gasteiger partial charge < -0.3 is 40.3 Å². The largest absolute Gasteiger partial charge is 0.383 e. The zero-order valence-electron chi connectivity index (χ0n) is 31.1. The number of fused-ring (bicyclic) bond motifs is 3. The van der Waals surface area contributed by atoms with E-state index in [0.29, 0.717) is 19.7 Å². The number of nitrogens with zero attached hydrogens (tertiary/aromatic N) is 7. The molecule has 6 heterocycles. The summed E-state index contributed by atoms with van der Waals surface area (Å²) in [6.45, 7) is 6.62. The molecule has 0 fully saturated rings. The number of ketones is 1. The molecular formula is C34H52N10O5S3. The van der Waals surface area contributed by atoms with Crippen molar-refractivity contribution >= 4 is 57.5 Å². The number of hydrogen-bond donors (Lipinski definition) is 3. The fourth-order valence-electron chi connectivity index (χ4n) is 6.20. The van der Waals surface area contributed by atoms with E-state index >= 15 is 0 Å². The molecule has 286 valence electrons. The Hall–Kier alpha value is -3.23. The lowest BCUT2D eigenvalue weighted by Gasteiger charge is -2.25. The first-order chi connectivity index (χ1) is 25.0. The van der Waals surface area contributed by atoms with Gasteiger partial charge in [-0.05, 0) is 42.2 Å². The number of methoxy groups -OCH3 is 1. The summed E-state index contributed by atoms with van der Waals surface area (Å²) in [5.74, 6) is 0.256. The Kier molecular flexibility index (Phi) is 16.2. The number of carbonyl (C=O) groups is 4. The summed E-state index contributed by atoms with van der Waals surface area (Å²) in [4.78, 5) is 71.8. The maximum atomic E-state index is 12.5. The highest BCUT2D eigenvalue weighted by atomic mass is 32.1. The molecule has 3 amide bonds. The van der Waals surface area contributed by atoms with Crippen LogP contribution >= 0.6 is 34.0 Å². The molecule has 3 aromatic rings. The molecule has 0 saturated heterocycles. The molecule has 18 heteroatoms. The molecule has 52 heavy (non-hydrogen) atoms. The molecular weight excluding hydrogens is 725 g/mol.